The zero-order valence-electron chi connectivity index (χ0n) is 22.9. The van der Waals surface area contributed by atoms with Crippen molar-refractivity contribution >= 4 is 52.6 Å². The number of carbonyl (C=O) groups is 3. The maximum absolute atomic E-state index is 13.1. The molecule has 1 aliphatic carbocycles. The number of hydrogen-bond acceptors (Lipinski definition) is 6. The van der Waals surface area contributed by atoms with E-state index < -0.39 is 17.9 Å². The standard InChI is InChI=1S/C30H32Cl2N6O4/c1-42-29(41)25(38-28(40)27-22(31)12-19(13-23(27)32)17-6-3-2-4-7-17)15-36-26(39)16-35-24-9-5-8-18-10-11-20(14-21(18)24)37-30(33)34/h2-4,6-7,10-14,24-25,35H,5,8-9,15-16H2,1H3,(H,36,39)(H,38,40)(H4,33,34,37)/t24-,25-/m0/s1. The number of esters is 1. The third-order valence-electron chi connectivity index (χ3n) is 6.92. The lowest BCUT2D eigenvalue weighted by molar-refractivity contribution is -0.142. The van der Waals surface area contributed by atoms with Crippen LogP contribution in [0.2, 0.25) is 10.0 Å². The summed E-state index contributed by atoms with van der Waals surface area (Å²) in [5.74, 6) is -1.94. The van der Waals surface area contributed by atoms with E-state index in [9.17, 15) is 14.4 Å². The highest BCUT2D eigenvalue weighted by molar-refractivity contribution is 6.40. The van der Waals surface area contributed by atoms with Crippen LogP contribution >= 0.6 is 23.2 Å². The maximum Gasteiger partial charge on any atom is 0.330 e. The largest absolute Gasteiger partial charge is 0.467 e. The molecule has 4 rings (SSSR count). The van der Waals surface area contributed by atoms with E-state index in [4.69, 9.17) is 39.1 Å². The van der Waals surface area contributed by atoms with E-state index in [0.29, 0.717) is 5.69 Å². The molecule has 2 atom stereocenters. The van der Waals surface area contributed by atoms with Crippen LogP contribution in [0.5, 0.6) is 0 Å². The van der Waals surface area contributed by atoms with Gasteiger partial charge in [0.2, 0.25) is 5.91 Å². The maximum atomic E-state index is 13.1. The number of anilines is 1. The van der Waals surface area contributed by atoms with Crippen molar-refractivity contribution < 1.29 is 19.1 Å². The average Bonchev–Trinajstić information content (AvgIpc) is 2.97. The fraction of sp³-hybridized carbons (Fsp3) is 0.267. The molecule has 0 aromatic heterocycles. The number of ether oxygens (including phenoxy) is 1. The number of rotatable bonds is 10. The summed E-state index contributed by atoms with van der Waals surface area (Å²) in [5.41, 5.74) is 9.98. The highest BCUT2D eigenvalue weighted by atomic mass is 35.5. The molecule has 0 fully saturated rings. The summed E-state index contributed by atoms with van der Waals surface area (Å²) in [6.07, 6.45) is 2.71. The molecule has 0 heterocycles. The molecule has 0 spiro atoms. The normalized spacial score (nSPS) is 14.7. The Labute approximate surface area is 253 Å². The van der Waals surface area contributed by atoms with Crippen molar-refractivity contribution in [1.29, 1.82) is 5.41 Å². The molecular formula is C30H32Cl2N6O4. The number of methoxy groups -OCH3 is 1. The lowest BCUT2D eigenvalue weighted by Gasteiger charge is -2.27. The number of guanidine groups is 1. The third-order valence-corrected chi connectivity index (χ3v) is 7.52. The van der Waals surface area contributed by atoms with Crippen LogP contribution in [0.25, 0.3) is 11.1 Å². The Balaban J connectivity index is 1.37. The van der Waals surface area contributed by atoms with Gasteiger partial charge in [0, 0.05) is 18.3 Å². The van der Waals surface area contributed by atoms with Crippen molar-refractivity contribution in [3.63, 3.8) is 0 Å². The monoisotopic (exact) mass is 610 g/mol. The summed E-state index contributed by atoms with van der Waals surface area (Å²) in [5, 5.41) is 19.0. The molecule has 0 saturated heterocycles. The summed E-state index contributed by atoms with van der Waals surface area (Å²) >= 11 is 12.9. The van der Waals surface area contributed by atoms with E-state index in [1.807, 2.05) is 48.5 Å². The predicted molar refractivity (Wildman–Crippen MR) is 164 cm³/mol. The lowest BCUT2D eigenvalue weighted by Crippen LogP contribution is -2.50. The van der Waals surface area contributed by atoms with Gasteiger partial charge >= 0.3 is 5.97 Å². The minimum Gasteiger partial charge on any atom is -0.467 e. The first-order chi connectivity index (χ1) is 20.2. The minimum atomic E-state index is -1.18. The number of carbonyl (C=O) groups excluding carboxylic acids is 3. The number of fused-ring (bicyclic) bond motifs is 1. The fourth-order valence-corrected chi connectivity index (χ4v) is 5.55. The van der Waals surface area contributed by atoms with E-state index in [1.165, 1.54) is 7.11 Å². The van der Waals surface area contributed by atoms with E-state index in [1.54, 1.807) is 12.1 Å². The molecule has 3 aromatic rings. The average molecular weight is 612 g/mol. The van der Waals surface area contributed by atoms with Crippen LogP contribution in [0, 0.1) is 5.41 Å². The van der Waals surface area contributed by atoms with Crippen LogP contribution in [0.4, 0.5) is 5.69 Å². The molecule has 12 heteroatoms. The Morgan fingerprint density at radius 3 is 2.43 bits per heavy atom. The van der Waals surface area contributed by atoms with Crippen LogP contribution < -0.4 is 27.0 Å². The van der Waals surface area contributed by atoms with Gasteiger partial charge in [0.25, 0.3) is 5.91 Å². The predicted octanol–water partition coefficient (Wildman–Crippen LogP) is 4.02. The first-order valence-electron chi connectivity index (χ1n) is 13.3. The van der Waals surface area contributed by atoms with E-state index in [2.05, 4.69) is 21.3 Å². The number of amides is 2. The Kier molecular flexibility index (Phi) is 10.4. The second kappa shape index (κ2) is 14.2. The molecule has 0 saturated carbocycles. The third kappa shape index (κ3) is 7.79. The Hall–Kier alpha value is -4.12. The quantitative estimate of drug-likeness (QED) is 0.115. The first kappa shape index (κ1) is 30.8. The van der Waals surface area contributed by atoms with Gasteiger partial charge in [-0.2, -0.15) is 0 Å². The highest BCUT2D eigenvalue weighted by Crippen LogP contribution is 2.33. The molecule has 10 nitrogen and oxygen atoms in total. The number of aryl methyl sites for hydroxylation is 1. The van der Waals surface area contributed by atoms with Crippen LogP contribution in [0.1, 0.15) is 40.4 Å². The smallest absolute Gasteiger partial charge is 0.330 e. The van der Waals surface area contributed by atoms with E-state index in [-0.39, 0.29) is 46.6 Å². The highest BCUT2D eigenvalue weighted by Gasteiger charge is 2.26. The number of nitrogens with two attached hydrogens (primary N) is 1. The number of benzene rings is 3. The molecule has 0 bridgehead atoms. The van der Waals surface area contributed by atoms with Crippen molar-refractivity contribution in [2.75, 3.05) is 25.5 Å². The van der Waals surface area contributed by atoms with Crippen LogP contribution in [-0.2, 0) is 20.7 Å². The minimum absolute atomic E-state index is 0.00880. The van der Waals surface area contributed by atoms with Gasteiger partial charge in [0.1, 0.15) is 6.04 Å². The molecule has 42 heavy (non-hydrogen) atoms. The van der Waals surface area contributed by atoms with Crippen molar-refractivity contribution in [1.82, 2.24) is 16.0 Å². The van der Waals surface area contributed by atoms with Gasteiger partial charge in [-0.1, -0.05) is 59.6 Å². The topological polar surface area (TPSA) is 158 Å². The molecule has 2 amide bonds. The Bertz CT molecular complexity index is 1460. The number of nitrogens with one attached hydrogen (secondary N) is 5. The van der Waals surface area contributed by atoms with Crippen molar-refractivity contribution in [3.05, 3.63) is 87.4 Å². The summed E-state index contributed by atoms with van der Waals surface area (Å²) in [6, 6.07) is 17.2. The summed E-state index contributed by atoms with van der Waals surface area (Å²) in [4.78, 5) is 38.3. The van der Waals surface area contributed by atoms with Crippen molar-refractivity contribution in [3.8, 4) is 11.1 Å². The van der Waals surface area contributed by atoms with Gasteiger partial charge in [-0.25, -0.2) is 4.79 Å². The van der Waals surface area contributed by atoms with Gasteiger partial charge in [-0.3, -0.25) is 15.0 Å². The lowest BCUT2D eigenvalue weighted by atomic mass is 9.87. The molecule has 1 aliphatic rings. The van der Waals surface area contributed by atoms with Crippen LogP contribution in [-0.4, -0.2) is 50.0 Å². The van der Waals surface area contributed by atoms with Crippen LogP contribution in [0.15, 0.2) is 60.7 Å². The number of hydrogen-bond donors (Lipinski definition) is 6. The van der Waals surface area contributed by atoms with Gasteiger partial charge in [0.05, 0.1) is 29.3 Å². The second-order valence-electron chi connectivity index (χ2n) is 9.81. The number of halogens is 2. The van der Waals surface area contributed by atoms with Crippen molar-refractivity contribution in [2.45, 2.75) is 31.3 Å². The summed E-state index contributed by atoms with van der Waals surface area (Å²) < 4.78 is 4.84. The van der Waals surface area contributed by atoms with Crippen LogP contribution in [0.3, 0.4) is 0 Å². The molecule has 0 unspecified atom stereocenters. The van der Waals surface area contributed by atoms with Crippen molar-refractivity contribution in [2.24, 2.45) is 5.73 Å². The fourth-order valence-electron chi connectivity index (χ4n) is 4.89. The SMILES string of the molecule is COC(=O)[C@H](CNC(=O)CN[C@H]1CCCc2ccc(NC(=N)N)cc21)NC(=O)c1c(Cl)cc(-c2ccccc2)cc1Cl. The zero-order chi connectivity index (χ0) is 30.2. The first-order valence-corrected chi connectivity index (χ1v) is 14.1. The second-order valence-corrected chi connectivity index (χ2v) is 10.6. The molecule has 0 aliphatic heterocycles. The summed E-state index contributed by atoms with van der Waals surface area (Å²) in [7, 11) is 1.19. The molecule has 0 radical (unpaired) electrons. The van der Waals surface area contributed by atoms with E-state index >= 15 is 0 Å². The molecule has 7 N–H and O–H groups in total. The molecular weight excluding hydrogens is 579 g/mol. The summed E-state index contributed by atoms with van der Waals surface area (Å²) in [6.45, 7) is -0.223. The molecule has 3 aromatic carbocycles. The zero-order valence-corrected chi connectivity index (χ0v) is 24.4. The molecule has 220 valence electrons. The Morgan fingerprint density at radius 2 is 1.76 bits per heavy atom. The van der Waals surface area contributed by atoms with Gasteiger partial charge in [-0.05, 0) is 65.8 Å². The van der Waals surface area contributed by atoms with Gasteiger partial charge < -0.3 is 31.7 Å². The Morgan fingerprint density at radius 1 is 1.05 bits per heavy atom. The van der Waals surface area contributed by atoms with E-state index in [0.717, 1.165) is 41.5 Å². The van der Waals surface area contributed by atoms with Gasteiger partial charge in [0.15, 0.2) is 5.96 Å². The van der Waals surface area contributed by atoms with Gasteiger partial charge in [-0.15, -0.1) is 0 Å².